The zero-order valence-corrected chi connectivity index (χ0v) is 13.4. The van der Waals surface area contributed by atoms with Crippen LogP contribution in [0.3, 0.4) is 0 Å². The number of nitrogens with two attached hydrogens (primary N) is 1. The quantitative estimate of drug-likeness (QED) is 0.604. The highest BCUT2D eigenvalue weighted by Gasteiger charge is 2.08. The van der Waals surface area contributed by atoms with Crippen molar-refractivity contribution in [3.8, 4) is 0 Å². The SMILES string of the molecule is Cn1ncc2c(N)nc(NCCc3ccc4ccccc4c3)nc21. The predicted molar refractivity (Wildman–Crippen MR) is 96.9 cm³/mol. The van der Waals surface area contributed by atoms with Crippen LogP contribution in [0, 0.1) is 0 Å². The van der Waals surface area contributed by atoms with Crippen molar-refractivity contribution in [2.45, 2.75) is 6.42 Å². The van der Waals surface area contributed by atoms with Gasteiger partial charge in [-0.3, -0.25) is 4.68 Å². The first-order valence-corrected chi connectivity index (χ1v) is 7.87. The first-order chi connectivity index (χ1) is 11.7. The van der Waals surface area contributed by atoms with E-state index in [0.717, 1.165) is 24.0 Å². The number of rotatable bonds is 4. The maximum atomic E-state index is 5.97. The highest BCUT2D eigenvalue weighted by Crippen LogP contribution is 2.19. The van der Waals surface area contributed by atoms with Gasteiger partial charge in [0.25, 0.3) is 0 Å². The largest absolute Gasteiger partial charge is 0.383 e. The van der Waals surface area contributed by atoms with E-state index in [1.54, 1.807) is 10.9 Å². The van der Waals surface area contributed by atoms with Gasteiger partial charge >= 0.3 is 0 Å². The Morgan fingerprint density at radius 3 is 2.79 bits per heavy atom. The molecule has 0 aliphatic carbocycles. The molecule has 24 heavy (non-hydrogen) atoms. The van der Waals surface area contributed by atoms with Crippen LogP contribution >= 0.6 is 0 Å². The minimum Gasteiger partial charge on any atom is -0.383 e. The van der Waals surface area contributed by atoms with Crippen LogP contribution in [-0.4, -0.2) is 26.3 Å². The first-order valence-electron chi connectivity index (χ1n) is 7.87. The Morgan fingerprint density at radius 1 is 1.08 bits per heavy atom. The van der Waals surface area contributed by atoms with Crippen LogP contribution in [0.2, 0.25) is 0 Å². The molecule has 0 aliphatic rings. The summed E-state index contributed by atoms with van der Waals surface area (Å²) in [5.41, 5.74) is 7.98. The summed E-state index contributed by atoms with van der Waals surface area (Å²) in [5.74, 6) is 0.977. The van der Waals surface area contributed by atoms with Gasteiger partial charge in [-0.25, -0.2) is 0 Å². The molecule has 0 spiro atoms. The zero-order chi connectivity index (χ0) is 16.5. The summed E-state index contributed by atoms with van der Waals surface area (Å²) in [6, 6.07) is 14.9. The van der Waals surface area contributed by atoms with Gasteiger partial charge in [0.15, 0.2) is 5.65 Å². The lowest BCUT2D eigenvalue weighted by Gasteiger charge is -2.07. The first kappa shape index (κ1) is 14.4. The molecule has 0 amide bonds. The molecule has 0 saturated heterocycles. The monoisotopic (exact) mass is 318 g/mol. The molecular formula is C18H18N6. The van der Waals surface area contributed by atoms with E-state index in [-0.39, 0.29) is 0 Å². The summed E-state index contributed by atoms with van der Waals surface area (Å²) in [4.78, 5) is 8.77. The maximum Gasteiger partial charge on any atom is 0.226 e. The van der Waals surface area contributed by atoms with Crippen molar-refractivity contribution in [3.05, 3.63) is 54.2 Å². The van der Waals surface area contributed by atoms with Crippen LogP contribution in [0.5, 0.6) is 0 Å². The molecule has 0 atom stereocenters. The number of hydrogen-bond donors (Lipinski definition) is 2. The van der Waals surface area contributed by atoms with Gasteiger partial charge in [-0.05, 0) is 22.8 Å². The molecule has 6 nitrogen and oxygen atoms in total. The normalized spacial score (nSPS) is 11.2. The lowest BCUT2D eigenvalue weighted by Crippen LogP contribution is -2.10. The molecule has 6 heteroatoms. The molecule has 2 heterocycles. The van der Waals surface area contributed by atoms with Gasteiger partial charge in [0.05, 0.1) is 11.6 Å². The van der Waals surface area contributed by atoms with Crippen molar-refractivity contribution in [1.82, 2.24) is 19.7 Å². The second-order valence-electron chi connectivity index (χ2n) is 5.80. The molecule has 0 aliphatic heterocycles. The van der Waals surface area contributed by atoms with E-state index < -0.39 is 0 Å². The molecule has 0 unspecified atom stereocenters. The minimum absolute atomic E-state index is 0.446. The Hall–Kier alpha value is -3.15. The number of anilines is 2. The topological polar surface area (TPSA) is 81.7 Å². The Morgan fingerprint density at radius 2 is 1.92 bits per heavy atom. The molecule has 4 aromatic rings. The third-order valence-corrected chi connectivity index (χ3v) is 4.13. The molecular weight excluding hydrogens is 300 g/mol. The fourth-order valence-corrected chi connectivity index (χ4v) is 2.84. The number of aryl methyl sites for hydroxylation is 1. The van der Waals surface area contributed by atoms with Gasteiger partial charge < -0.3 is 11.1 Å². The van der Waals surface area contributed by atoms with Crippen LogP contribution in [0.4, 0.5) is 11.8 Å². The third-order valence-electron chi connectivity index (χ3n) is 4.13. The van der Waals surface area contributed by atoms with Gasteiger partial charge in [0.1, 0.15) is 5.82 Å². The fourth-order valence-electron chi connectivity index (χ4n) is 2.84. The highest BCUT2D eigenvalue weighted by molar-refractivity contribution is 5.86. The predicted octanol–water partition coefficient (Wildman–Crippen LogP) is 2.75. The van der Waals surface area contributed by atoms with Gasteiger partial charge in [0, 0.05) is 13.6 Å². The van der Waals surface area contributed by atoms with Crippen LogP contribution in [-0.2, 0) is 13.5 Å². The van der Waals surface area contributed by atoms with Gasteiger partial charge in [-0.2, -0.15) is 15.1 Å². The number of nitrogens with zero attached hydrogens (tertiary/aromatic N) is 4. The van der Waals surface area contributed by atoms with Crippen molar-refractivity contribution in [1.29, 1.82) is 0 Å². The van der Waals surface area contributed by atoms with Crippen molar-refractivity contribution in [2.75, 3.05) is 17.6 Å². The zero-order valence-electron chi connectivity index (χ0n) is 13.4. The Kier molecular flexibility index (Phi) is 3.49. The molecule has 3 N–H and O–H groups in total. The molecule has 2 aromatic carbocycles. The fraction of sp³-hybridized carbons (Fsp3) is 0.167. The lowest BCUT2D eigenvalue weighted by atomic mass is 10.1. The van der Waals surface area contributed by atoms with E-state index in [4.69, 9.17) is 5.73 Å². The molecule has 0 bridgehead atoms. The van der Waals surface area contributed by atoms with E-state index in [0.29, 0.717) is 11.8 Å². The summed E-state index contributed by atoms with van der Waals surface area (Å²) >= 11 is 0. The summed E-state index contributed by atoms with van der Waals surface area (Å²) in [7, 11) is 1.84. The maximum absolute atomic E-state index is 5.97. The molecule has 2 aromatic heterocycles. The van der Waals surface area contributed by atoms with Gasteiger partial charge in [0.2, 0.25) is 5.95 Å². The smallest absolute Gasteiger partial charge is 0.226 e. The van der Waals surface area contributed by atoms with Gasteiger partial charge in [-0.15, -0.1) is 0 Å². The van der Waals surface area contributed by atoms with Crippen LogP contribution in [0.1, 0.15) is 5.56 Å². The lowest BCUT2D eigenvalue weighted by molar-refractivity contribution is 0.785. The number of fused-ring (bicyclic) bond motifs is 2. The number of nitrogen functional groups attached to an aromatic ring is 1. The molecule has 4 rings (SSSR count). The van der Waals surface area contributed by atoms with E-state index in [2.05, 4.69) is 62.8 Å². The molecule has 0 saturated carbocycles. The van der Waals surface area contributed by atoms with E-state index in [1.165, 1.54) is 16.3 Å². The molecule has 120 valence electrons. The number of hydrogen-bond acceptors (Lipinski definition) is 5. The summed E-state index contributed by atoms with van der Waals surface area (Å²) in [6.07, 6.45) is 2.57. The standard InChI is InChI=1S/C18H18N6/c1-24-17-15(11-21-24)16(19)22-18(23-17)20-9-8-12-6-7-13-4-2-3-5-14(13)10-12/h2-7,10-11H,8-9H2,1H3,(H3,19,20,22,23). The summed E-state index contributed by atoms with van der Waals surface area (Å²) in [6.45, 7) is 0.737. The van der Waals surface area contributed by atoms with Crippen molar-refractivity contribution in [3.63, 3.8) is 0 Å². The van der Waals surface area contributed by atoms with Crippen LogP contribution in [0.15, 0.2) is 48.7 Å². The Bertz CT molecular complexity index is 1020. The third kappa shape index (κ3) is 2.62. The number of nitrogens with one attached hydrogen (secondary N) is 1. The van der Waals surface area contributed by atoms with Crippen molar-refractivity contribution >= 4 is 33.6 Å². The number of aromatic nitrogens is 4. The Labute approximate surface area is 139 Å². The summed E-state index contributed by atoms with van der Waals surface area (Å²) < 4.78 is 1.70. The minimum atomic E-state index is 0.446. The van der Waals surface area contributed by atoms with Crippen LogP contribution < -0.4 is 11.1 Å². The van der Waals surface area contributed by atoms with E-state index in [1.807, 2.05) is 7.05 Å². The number of benzene rings is 2. The summed E-state index contributed by atoms with van der Waals surface area (Å²) in [5, 5.41) is 10.7. The van der Waals surface area contributed by atoms with E-state index >= 15 is 0 Å². The average Bonchev–Trinajstić information content (AvgIpc) is 2.97. The van der Waals surface area contributed by atoms with E-state index in [9.17, 15) is 0 Å². The Balaban J connectivity index is 1.49. The van der Waals surface area contributed by atoms with Crippen molar-refractivity contribution < 1.29 is 0 Å². The average molecular weight is 318 g/mol. The molecule has 0 radical (unpaired) electrons. The van der Waals surface area contributed by atoms with Crippen LogP contribution in [0.25, 0.3) is 21.8 Å². The van der Waals surface area contributed by atoms with Crippen molar-refractivity contribution in [2.24, 2.45) is 7.05 Å². The highest BCUT2D eigenvalue weighted by atomic mass is 15.3. The van der Waals surface area contributed by atoms with Gasteiger partial charge in [-0.1, -0.05) is 42.5 Å². The molecule has 0 fully saturated rings. The second kappa shape index (κ2) is 5.81. The second-order valence-corrected chi connectivity index (χ2v) is 5.80.